The lowest BCUT2D eigenvalue weighted by Crippen LogP contribution is -2.37. The van der Waals surface area contributed by atoms with Gasteiger partial charge in [0.15, 0.2) is 6.10 Å². The lowest BCUT2D eigenvalue weighted by Gasteiger charge is -2.28. The molecule has 0 aliphatic rings. The summed E-state index contributed by atoms with van der Waals surface area (Å²) in [7, 11) is 1.15. The van der Waals surface area contributed by atoms with Crippen molar-refractivity contribution >= 4 is 19.8 Å². The smallest absolute Gasteiger partial charge is 0.306 e. The Bertz CT molecular complexity index is 1410. The van der Waals surface area contributed by atoms with Crippen LogP contribution < -0.4 is 4.89 Å². The van der Waals surface area contributed by atoms with E-state index in [2.05, 4.69) is 86.8 Å². The molecule has 0 saturated heterocycles. The van der Waals surface area contributed by atoms with Crippen LogP contribution in [-0.4, -0.2) is 70.0 Å². The number of hydrogen-bond donors (Lipinski definition) is 0. The highest BCUT2D eigenvalue weighted by Crippen LogP contribution is 2.38. The van der Waals surface area contributed by atoms with Gasteiger partial charge in [0.1, 0.15) is 19.8 Å². The van der Waals surface area contributed by atoms with Crippen LogP contribution in [0.25, 0.3) is 0 Å². The summed E-state index contributed by atoms with van der Waals surface area (Å²) in [5.74, 6) is -0.858. The van der Waals surface area contributed by atoms with Gasteiger partial charge < -0.3 is 27.9 Å². The Labute approximate surface area is 431 Å². The molecule has 0 N–H and O–H groups in total. The third-order valence-electron chi connectivity index (χ3n) is 12.2. The number of carbonyl (C=O) groups excluding carboxylic acids is 2. The van der Waals surface area contributed by atoms with Crippen LogP contribution in [0.4, 0.5) is 0 Å². The number of unbranched alkanes of at least 4 members (excludes halogenated alkanes) is 26. The number of quaternary nitrogens is 1. The van der Waals surface area contributed by atoms with Crippen LogP contribution >= 0.6 is 7.82 Å². The molecule has 0 saturated carbocycles. The fourth-order valence-electron chi connectivity index (χ4n) is 7.80. The SMILES string of the molecule is CC/C=C\C/C=C\C/C=C\C/C=C\CCCCCCC(=O)OC(COC(=O)CCCCCCCCCCCCCCCCCCC/C=C\C/C=C\CCCCCCC)COP(=O)([O-])OCC[N+](C)(C)C. The van der Waals surface area contributed by atoms with Crippen LogP contribution in [0, 0.1) is 0 Å². The average molecular weight is 1000 g/mol. The molecule has 0 bridgehead atoms. The van der Waals surface area contributed by atoms with Gasteiger partial charge in [0.25, 0.3) is 7.82 Å². The number of rotatable bonds is 52. The molecule has 0 fully saturated rings. The summed E-state index contributed by atoms with van der Waals surface area (Å²) >= 11 is 0. The third kappa shape index (κ3) is 54.8. The Kier molecular flexibility index (Phi) is 49.5. The first-order valence-electron chi connectivity index (χ1n) is 28.6. The molecule has 0 radical (unpaired) electrons. The van der Waals surface area contributed by atoms with E-state index >= 15 is 0 Å². The van der Waals surface area contributed by atoms with Gasteiger partial charge in [-0.2, -0.15) is 0 Å². The highest BCUT2D eigenvalue weighted by atomic mass is 31.2. The molecule has 0 aromatic carbocycles. The summed E-state index contributed by atoms with van der Waals surface area (Å²) in [5.41, 5.74) is 0. The lowest BCUT2D eigenvalue weighted by molar-refractivity contribution is -0.870. The topological polar surface area (TPSA) is 111 Å². The second-order valence-electron chi connectivity index (χ2n) is 20.3. The number of carbonyl (C=O) groups is 2. The molecule has 0 amide bonds. The summed E-state index contributed by atoms with van der Waals surface area (Å²) in [6.07, 6.45) is 66.7. The molecule has 2 atom stereocenters. The summed E-state index contributed by atoms with van der Waals surface area (Å²) in [4.78, 5) is 37.8. The van der Waals surface area contributed by atoms with E-state index in [0.29, 0.717) is 17.4 Å². The van der Waals surface area contributed by atoms with Gasteiger partial charge in [-0.25, -0.2) is 0 Å². The number of nitrogens with zero attached hydrogens (tertiary/aromatic N) is 1. The van der Waals surface area contributed by atoms with E-state index in [-0.39, 0.29) is 32.0 Å². The number of esters is 2. The molecule has 9 nitrogen and oxygen atoms in total. The number of likely N-dealkylation sites (N-methyl/N-ethyl adjacent to an activating group) is 1. The maximum Gasteiger partial charge on any atom is 0.306 e. The lowest BCUT2D eigenvalue weighted by atomic mass is 10.0. The van der Waals surface area contributed by atoms with Gasteiger partial charge in [0.2, 0.25) is 0 Å². The van der Waals surface area contributed by atoms with Crippen molar-refractivity contribution < 1.29 is 42.1 Å². The van der Waals surface area contributed by atoms with Crippen molar-refractivity contribution in [3.05, 3.63) is 72.9 Å². The van der Waals surface area contributed by atoms with Crippen LogP contribution in [0.5, 0.6) is 0 Å². The van der Waals surface area contributed by atoms with Crippen molar-refractivity contribution in [1.82, 2.24) is 0 Å². The van der Waals surface area contributed by atoms with E-state index < -0.39 is 26.5 Å². The molecule has 0 aromatic rings. The van der Waals surface area contributed by atoms with E-state index in [9.17, 15) is 19.0 Å². The predicted molar refractivity (Wildman–Crippen MR) is 296 cm³/mol. The number of ether oxygens (including phenoxy) is 2. The van der Waals surface area contributed by atoms with E-state index in [1.807, 2.05) is 21.1 Å². The summed E-state index contributed by atoms with van der Waals surface area (Å²) in [6.45, 7) is 4.10. The molecule has 70 heavy (non-hydrogen) atoms. The summed E-state index contributed by atoms with van der Waals surface area (Å²) < 4.78 is 34.1. The first-order valence-corrected chi connectivity index (χ1v) is 30.1. The van der Waals surface area contributed by atoms with Crippen LogP contribution in [0.3, 0.4) is 0 Å². The third-order valence-corrected chi connectivity index (χ3v) is 13.2. The Morgan fingerprint density at radius 1 is 0.457 bits per heavy atom. The van der Waals surface area contributed by atoms with Crippen LogP contribution in [0.1, 0.15) is 245 Å². The number of phosphoric ester groups is 1. The predicted octanol–water partition coefficient (Wildman–Crippen LogP) is 17.1. The quantitative estimate of drug-likeness (QED) is 0.0195. The molecular weight excluding hydrogens is 894 g/mol. The number of hydrogen-bond acceptors (Lipinski definition) is 8. The van der Waals surface area contributed by atoms with Crippen LogP contribution in [0.2, 0.25) is 0 Å². The fourth-order valence-corrected chi connectivity index (χ4v) is 8.52. The van der Waals surface area contributed by atoms with Crippen molar-refractivity contribution in [2.75, 3.05) is 47.5 Å². The van der Waals surface area contributed by atoms with Crippen molar-refractivity contribution in [1.29, 1.82) is 0 Å². The molecule has 10 heteroatoms. The standard InChI is InChI=1S/C60H108NO8P/c1-6-8-10-12-14-16-18-20-22-24-25-26-27-28-29-30-31-32-33-34-35-37-38-40-42-44-46-48-50-52-59(62)66-56-58(57-68-70(64,65)67-55-54-61(3,4)5)69-60(63)53-51-49-47-45-43-41-39-36-23-21-19-17-15-13-11-9-7-2/h9,11,15,17-18,20-21,23-25,39,41,58H,6-8,10,12-14,16,19,22,26-38,40,42-57H2,1-5H3/b11-9-,17-15-,20-18-,23-21-,25-24-,41-39-. The second kappa shape index (κ2) is 51.4. The number of allylic oxidation sites excluding steroid dienone is 12. The van der Waals surface area contributed by atoms with E-state index in [0.717, 1.165) is 77.0 Å². The first-order chi connectivity index (χ1) is 34.0. The van der Waals surface area contributed by atoms with Gasteiger partial charge in [0.05, 0.1) is 27.7 Å². The van der Waals surface area contributed by atoms with Gasteiger partial charge in [-0.15, -0.1) is 0 Å². The zero-order chi connectivity index (χ0) is 51.3. The molecule has 406 valence electrons. The van der Waals surface area contributed by atoms with Crippen LogP contribution in [0.15, 0.2) is 72.9 Å². The van der Waals surface area contributed by atoms with E-state index in [1.54, 1.807) is 0 Å². The van der Waals surface area contributed by atoms with Crippen molar-refractivity contribution in [2.24, 2.45) is 0 Å². The van der Waals surface area contributed by atoms with Gasteiger partial charge in [0, 0.05) is 12.8 Å². The van der Waals surface area contributed by atoms with Gasteiger partial charge in [-0.05, 0) is 83.5 Å². The molecule has 0 heterocycles. The maximum atomic E-state index is 12.8. The monoisotopic (exact) mass is 1000 g/mol. The zero-order valence-electron chi connectivity index (χ0n) is 46.0. The van der Waals surface area contributed by atoms with Crippen LogP contribution in [-0.2, 0) is 32.7 Å². The molecule has 0 aromatic heterocycles. The minimum Gasteiger partial charge on any atom is -0.756 e. The van der Waals surface area contributed by atoms with Gasteiger partial charge >= 0.3 is 11.9 Å². The van der Waals surface area contributed by atoms with E-state index in [1.165, 1.54) is 135 Å². The van der Waals surface area contributed by atoms with Gasteiger partial charge in [-0.1, -0.05) is 222 Å². The summed E-state index contributed by atoms with van der Waals surface area (Å²) in [6, 6.07) is 0. The molecule has 0 aliphatic carbocycles. The van der Waals surface area contributed by atoms with Crippen molar-refractivity contribution in [3.8, 4) is 0 Å². The molecule has 2 unspecified atom stereocenters. The largest absolute Gasteiger partial charge is 0.756 e. The first kappa shape index (κ1) is 67.5. The normalized spacial score (nSPS) is 13.9. The highest BCUT2D eigenvalue weighted by Gasteiger charge is 2.21. The number of phosphoric acid groups is 1. The molecule has 0 spiro atoms. The summed E-state index contributed by atoms with van der Waals surface area (Å²) in [5, 5.41) is 0. The average Bonchev–Trinajstić information content (AvgIpc) is 3.32. The minimum absolute atomic E-state index is 0.0381. The zero-order valence-corrected chi connectivity index (χ0v) is 46.8. The second-order valence-corrected chi connectivity index (χ2v) is 21.7. The minimum atomic E-state index is -4.64. The van der Waals surface area contributed by atoms with Crippen molar-refractivity contribution in [3.63, 3.8) is 0 Å². The Hall–Kier alpha value is -2.55. The Balaban J connectivity index is 4.12. The van der Waals surface area contributed by atoms with Gasteiger partial charge in [-0.3, -0.25) is 14.2 Å². The Morgan fingerprint density at radius 3 is 1.21 bits per heavy atom. The van der Waals surface area contributed by atoms with Crippen molar-refractivity contribution in [2.45, 2.75) is 251 Å². The Morgan fingerprint density at radius 2 is 0.814 bits per heavy atom. The molecule has 0 rings (SSSR count). The molecular formula is C60H108NO8P. The maximum absolute atomic E-state index is 12.8. The molecule has 0 aliphatic heterocycles. The van der Waals surface area contributed by atoms with E-state index in [4.69, 9.17) is 18.5 Å². The fraction of sp³-hybridized carbons (Fsp3) is 0.767. The highest BCUT2D eigenvalue weighted by molar-refractivity contribution is 7.45.